The van der Waals surface area contributed by atoms with Crippen LogP contribution in [0.1, 0.15) is 21.5 Å². The summed E-state index contributed by atoms with van der Waals surface area (Å²) in [6.45, 7) is 0.143. The van der Waals surface area contributed by atoms with Gasteiger partial charge in [0.05, 0.1) is 15.6 Å². The molecule has 2 rings (SSSR count). The summed E-state index contributed by atoms with van der Waals surface area (Å²) in [5.41, 5.74) is 1.45. The van der Waals surface area contributed by atoms with E-state index in [1.807, 2.05) is 6.07 Å². The van der Waals surface area contributed by atoms with Crippen molar-refractivity contribution in [2.75, 3.05) is 0 Å². The van der Waals surface area contributed by atoms with Gasteiger partial charge in [-0.2, -0.15) is 5.26 Å². The molecular weight excluding hydrogens is 324 g/mol. The topological polar surface area (TPSA) is 83.2 Å². The smallest absolute Gasteiger partial charge is 0.153 e. The zero-order chi connectivity index (χ0) is 14.5. The van der Waals surface area contributed by atoms with E-state index in [1.54, 1.807) is 12.3 Å². The molecule has 0 atom stereocenters. The molecule has 0 saturated heterocycles. The molecule has 0 aliphatic heterocycles. The largest absolute Gasteiger partial charge is 0.507 e. The first-order valence-electron chi connectivity index (χ1n) is 5.58. The van der Waals surface area contributed by atoms with Gasteiger partial charge in [-0.1, -0.05) is 0 Å². The van der Waals surface area contributed by atoms with Crippen molar-refractivity contribution < 1.29 is 14.6 Å². The van der Waals surface area contributed by atoms with Crippen molar-refractivity contribution in [3.63, 3.8) is 0 Å². The van der Waals surface area contributed by atoms with Crippen molar-refractivity contribution in [3.05, 3.63) is 51.8 Å². The number of phenolic OH excluding ortho intramolecular Hbond substituents is 1. The molecule has 1 N–H and O–H groups in total. The van der Waals surface area contributed by atoms with Crippen LogP contribution in [0.3, 0.4) is 0 Å². The first kappa shape index (κ1) is 14.0. The molecule has 0 unspecified atom stereocenters. The molecule has 1 heterocycles. The summed E-state index contributed by atoms with van der Waals surface area (Å²) in [5.74, 6) is 0.248. The fourth-order valence-corrected chi connectivity index (χ4v) is 1.92. The van der Waals surface area contributed by atoms with Gasteiger partial charge in [0.2, 0.25) is 0 Å². The normalized spacial score (nSPS) is 9.80. The maximum absolute atomic E-state index is 11.0. The van der Waals surface area contributed by atoms with Crippen molar-refractivity contribution in [2.24, 2.45) is 0 Å². The number of hydrogen-bond acceptors (Lipinski definition) is 5. The third-order valence-electron chi connectivity index (χ3n) is 2.52. The molecule has 0 aliphatic rings. The van der Waals surface area contributed by atoms with Crippen LogP contribution in [0.5, 0.6) is 11.5 Å². The minimum Gasteiger partial charge on any atom is -0.507 e. The first-order valence-corrected chi connectivity index (χ1v) is 6.38. The summed E-state index contributed by atoms with van der Waals surface area (Å²) in [7, 11) is 0. The standard InChI is InChI=1S/C14H9BrN2O3/c15-12-2-11(7-18)14(3-13(12)19)20-8-10-1-9(4-16)5-17-6-10/h1-3,5-7,19H,8H2. The molecule has 0 saturated carbocycles. The van der Waals surface area contributed by atoms with E-state index in [-0.39, 0.29) is 18.1 Å². The predicted molar refractivity (Wildman–Crippen MR) is 74.5 cm³/mol. The molecule has 1 aromatic carbocycles. The summed E-state index contributed by atoms with van der Waals surface area (Å²) in [4.78, 5) is 14.9. The fraction of sp³-hybridized carbons (Fsp3) is 0.0714. The maximum atomic E-state index is 11.0. The number of phenols is 1. The molecule has 0 fully saturated rings. The Bertz CT molecular complexity index is 695. The summed E-state index contributed by atoms with van der Waals surface area (Å²) >= 11 is 3.13. The summed E-state index contributed by atoms with van der Waals surface area (Å²) in [5, 5.41) is 18.4. The Morgan fingerprint density at radius 3 is 2.90 bits per heavy atom. The number of rotatable bonds is 4. The second-order valence-corrected chi connectivity index (χ2v) is 4.80. The zero-order valence-electron chi connectivity index (χ0n) is 10.2. The van der Waals surface area contributed by atoms with Gasteiger partial charge in [-0.05, 0) is 28.1 Å². The molecule has 6 heteroatoms. The highest BCUT2D eigenvalue weighted by atomic mass is 79.9. The van der Waals surface area contributed by atoms with E-state index >= 15 is 0 Å². The van der Waals surface area contributed by atoms with Gasteiger partial charge in [0, 0.05) is 24.0 Å². The van der Waals surface area contributed by atoms with E-state index in [0.717, 1.165) is 0 Å². The van der Waals surface area contributed by atoms with E-state index in [1.165, 1.54) is 18.3 Å². The van der Waals surface area contributed by atoms with Crippen LogP contribution in [0.15, 0.2) is 35.1 Å². The van der Waals surface area contributed by atoms with Crippen molar-refractivity contribution >= 4 is 22.2 Å². The summed E-state index contributed by atoms with van der Waals surface area (Å²) in [6.07, 6.45) is 3.66. The first-order chi connectivity index (χ1) is 9.63. The number of carbonyl (C=O) groups excluding carboxylic acids is 1. The summed E-state index contributed by atoms with van der Waals surface area (Å²) in [6, 6.07) is 6.46. The van der Waals surface area contributed by atoms with Crippen LogP contribution in [0, 0.1) is 11.3 Å². The Hall–Kier alpha value is -2.39. The number of nitriles is 1. The summed E-state index contributed by atoms with van der Waals surface area (Å²) < 4.78 is 5.90. The van der Waals surface area contributed by atoms with Gasteiger partial charge < -0.3 is 9.84 Å². The number of hydrogen-bond donors (Lipinski definition) is 1. The molecule has 0 amide bonds. The average molecular weight is 333 g/mol. The molecule has 0 bridgehead atoms. The second kappa shape index (κ2) is 6.17. The number of aldehydes is 1. The highest BCUT2D eigenvalue weighted by molar-refractivity contribution is 9.10. The number of halogens is 1. The number of aromatic hydroxyl groups is 1. The number of pyridine rings is 1. The van der Waals surface area contributed by atoms with Crippen molar-refractivity contribution in [1.82, 2.24) is 4.98 Å². The van der Waals surface area contributed by atoms with E-state index in [4.69, 9.17) is 10.00 Å². The average Bonchev–Trinajstić information content (AvgIpc) is 2.48. The number of benzene rings is 1. The molecule has 0 radical (unpaired) electrons. The zero-order valence-corrected chi connectivity index (χ0v) is 11.8. The minimum absolute atomic E-state index is 0.0190. The monoisotopic (exact) mass is 332 g/mol. The molecule has 0 spiro atoms. The van der Waals surface area contributed by atoms with Crippen LogP contribution < -0.4 is 4.74 Å². The molecule has 5 nitrogen and oxygen atoms in total. The van der Waals surface area contributed by atoms with Crippen LogP contribution in [-0.2, 0) is 6.61 Å². The van der Waals surface area contributed by atoms with E-state index in [0.29, 0.717) is 27.4 Å². The Kier molecular flexibility index (Phi) is 4.33. The van der Waals surface area contributed by atoms with Gasteiger partial charge in [0.15, 0.2) is 6.29 Å². The van der Waals surface area contributed by atoms with Crippen LogP contribution >= 0.6 is 15.9 Å². The maximum Gasteiger partial charge on any atom is 0.153 e. The Morgan fingerprint density at radius 1 is 1.40 bits per heavy atom. The van der Waals surface area contributed by atoms with Gasteiger partial charge >= 0.3 is 0 Å². The predicted octanol–water partition coefficient (Wildman–Crippen LogP) is 2.81. The molecular formula is C14H9BrN2O3. The van der Waals surface area contributed by atoms with Gasteiger partial charge in [-0.3, -0.25) is 9.78 Å². The van der Waals surface area contributed by atoms with Gasteiger partial charge in [0.25, 0.3) is 0 Å². The number of ether oxygens (including phenoxy) is 1. The van der Waals surface area contributed by atoms with Crippen molar-refractivity contribution in [1.29, 1.82) is 5.26 Å². The fourth-order valence-electron chi connectivity index (χ4n) is 1.56. The Labute approximate surface area is 123 Å². The van der Waals surface area contributed by atoms with E-state index < -0.39 is 0 Å². The van der Waals surface area contributed by atoms with Gasteiger partial charge in [-0.25, -0.2) is 0 Å². The molecule has 100 valence electrons. The lowest BCUT2D eigenvalue weighted by Crippen LogP contribution is -1.99. The van der Waals surface area contributed by atoms with Gasteiger partial charge in [0.1, 0.15) is 24.2 Å². The van der Waals surface area contributed by atoms with E-state index in [2.05, 4.69) is 20.9 Å². The lowest BCUT2D eigenvalue weighted by atomic mass is 10.2. The third-order valence-corrected chi connectivity index (χ3v) is 3.16. The molecule has 20 heavy (non-hydrogen) atoms. The highest BCUT2D eigenvalue weighted by Crippen LogP contribution is 2.31. The quantitative estimate of drug-likeness (QED) is 0.870. The Balaban J connectivity index is 2.20. The highest BCUT2D eigenvalue weighted by Gasteiger charge is 2.09. The Morgan fingerprint density at radius 2 is 2.20 bits per heavy atom. The van der Waals surface area contributed by atoms with Gasteiger partial charge in [-0.15, -0.1) is 0 Å². The SMILES string of the molecule is N#Cc1cncc(COc2cc(O)c(Br)cc2C=O)c1. The van der Waals surface area contributed by atoms with Crippen LogP contribution in [0.4, 0.5) is 0 Å². The number of carbonyl (C=O) groups is 1. The molecule has 1 aromatic heterocycles. The molecule has 2 aromatic rings. The molecule has 0 aliphatic carbocycles. The lowest BCUT2D eigenvalue weighted by Gasteiger charge is -2.10. The number of nitrogens with zero attached hydrogens (tertiary/aromatic N) is 2. The van der Waals surface area contributed by atoms with Crippen LogP contribution in [-0.4, -0.2) is 16.4 Å². The van der Waals surface area contributed by atoms with Crippen molar-refractivity contribution in [3.8, 4) is 17.6 Å². The van der Waals surface area contributed by atoms with Crippen molar-refractivity contribution in [2.45, 2.75) is 6.61 Å². The van der Waals surface area contributed by atoms with Crippen LogP contribution in [0.2, 0.25) is 0 Å². The third kappa shape index (κ3) is 3.13. The second-order valence-electron chi connectivity index (χ2n) is 3.94. The lowest BCUT2D eigenvalue weighted by molar-refractivity contribution is 0.111. The number of aromatic nitrogens is 1. The van der Waals surface area contributed by atoms with E-state index in [9.17, 15) is 9.90 Å². The minimum atomic E-state index is -0.0190. The van der Waals surface area contributed by atoms with Crippen LogP contribution in [0.25, 0.3) is 0 Å².